The molecule has 2 heterocycles. The molecule has 0 N–H and O–H groups in total. The maximum atomic E-state index is 2.36. The molecule has 0 atom stereocenters. The van der Waals surface area contributed by atoms with Crippen molar-refractivity contribution in [1.29, 1.82) is 0 Å². The van der Waals surface area contributed by atoms with Crippen molar-refractivity contribution in [1.82, 2.24) is 9.13 Å². The first-order valence-electron chi connectivity index (χ1n) is 9.52. The van der Waals surface area contributed by atoms with Gasteiger partial charge in [0.15, 0.2) is 0 Å². The van der Waals surface area contributed by atoms with Gasteiger partial charge in [0.1, 0.15) is 0 Å². The Labute approximate surface area is 167 Å². The molecule has 6 rings (SSSR count). The van der Waals surface area contributed by atoms with Crippen molar-refractivity contribution >= 4 is 65.9 Å². The van der Waals surface area contributed by atoms with Crippen molar-refractivity contribution in [2.24, 2.45) is 14.1 Å². The van der Waals surface area contributed by atoms with Crippen LogP contribution in [0.4, 0.5) is 0 Å². The van der Waals surface area contributed by atoms with Crippen LogP contribution >= 0.6 is 11.8 Å². The lowest BCUT2D eigenvalue weighted by Crippen LogP contribution is -1.89. The van der Waals surface area contributed by atoms with Gasteiger partial charge in [-0.3, -0.25) is 0 Å². The normalized spacial score (nSPS) is 12.2. The van der Waals surface area contributed by atoms with E-state index in [2.05, 4.69) is 96.3 Å². The molecule has 0 saturated carbocycles. The summed E-state index contributed by atoms with van der Waals surface area (Å²) in [4.78, 5) is 0. The van der Waals surface area contributed by atoms with Gasteiger partial charge in [0.05, 0.1) is 5.03 Å². The molecule has 0 saturated heterocycles. The highest BCUT2D eigenvalue weighted by molar-refractivity contribution is 7.98. The second-order valence-corrected chi connectivity index (χ2v) is 8.49. The van der Waals surface area contributed by atoms with Gasteiger partial charge < -0.3 is 9.13 Å². The molecule has 136 valence electrons. The quantitative estimate of drug-likeness (QED) is 0.224. The minimum absolute atomic E-state index is 1.28. The Hall–Kier alpha value is -2.91. The van der Waals surface area contributed by atoms with Crippen LogP contribution in [0.25, 0.3) is 54.1 Å². The maximum absolute atomic E-state index is 2.36. The van der Waals surface area contributed by atoms with Crippen molar-refractivity contribution in [3.8, 4) is 0 Å². The fourth-order valence-electron chi connectivity index (χ4n) is 4.64. The van der Waals surface area contributed by atoms with Gasteiger partial charge in [0.2, 0.25) is 0 Å². The van der Waals surface area contributed by atoms with Crippen molar-refractivity contribution in [3.63, 3.8) is 0 Å². The molecule has 2 aromatic heterocycles. The van der Waals surface area contributed by atoms with E-state index in [4.69, 9.17) is 0 Å². The molecule has 0 spiro atoms. The van der Waals surface area contributed by atoms with Crippen LogP contribution in [-0.2, 0) is 14.1 Å². The molecular weight excluding hydrogens is 360 g/mol. The second-order valence-electron chi connectivity index (χ2n) is 7.66. The van der Waals surface area contributed by atoms with Crippen LogP contribution in [0.15, 0.2) is 71.9 Å². The van der Waals surface area contributed by atoms with E-state index in [-0.39, 0.29) is 0 Å². The molecule has 28 heavy (non-hydrogen) atoms. The van der Waals surface area contributed by atoms with Gasteiger partial charge in [-0.05, 0) is 75.0 Å². The van der Waals surface area contributed by atoms with Gasteiger partial charge in [0.25, 0.3) is 0 Å². The van der Waals surface area contributed by atoms with Crippen LogP contribution in [0.5, 0.6) is 0 Å². The van der Waals surface area contributed by atoms with Gasteiger partial charge >= 0.3 is 0 Å². The Kier molecular flexibility index (Phi) is 3.19. The summed E-state index contributed by atoms with van der Waals surface area (Å²) in [5, 5.41) is 11.8. The molecule has 0 aliphatic heterocycles. The van der Waals surface area contributed by atoms with Gasteiger partial charge in [-0.1, -0.05) is 24.3 Å². The van der Waals surface area contributed by atoms with Gasteiger partial charge in [-0.15, -0.1) is 11.8 Å². The van der Waals surface area contributed by atoms with Gasteiger partial charge in [-0.2, -0.15) is 0 Å². The summed E-state index contributed by atoms with van der Waals surface area (Å²) < 4.78 is 4.48. The first-order chi connectivity index (χ1) is 13.6. The van der Waals surface area contributed by atoms with E-state index < -0.39 is 0 Å². The summed E-state index contributed by atoms with van der Waals surface area (Å²) in [6, 6.07) is 23.0. The average molecular weight is 381 g/mol. The summed E-state index contributed by atoms with van der Waals surface area (Å²) >= 11 is 1.80. The minimum Gasteiger partial charge on any atom is -0.351 e. The van der Waals surface area contributed by atoms with E-state index >= 15 is 0 Å². The van der Waals surface area contributed by atoms with Crippen LogP contribution < -0.4 is 0 Å². The van der Waals surface area contributed by atoms with Crippen LogP contribution in [0.1, 0.15) is 0 Å². The lowest BCUT2D eigenvalue weighted by molar-refractivity contribution is 0.864. The SMILES string of the molecule is CSc1cc2cc3c(ccc4c5cc6ccn(C)c6cc5ccc34)cc2n1C. The van der Waals surface area contributed by atoms with Crippen molar-refractivity contribution in [2.75, 3.05) is 6.26 Å². The molecule has 3 heteroatoms. The molecule has 4 aromatic carbocycles. The van der Waals surface area contributed by atoms with E-state index in [9.17, 15) is 0 Å². The topological polar surface area (TPSA) is 9.86 Å². The zero-order chi connectivity index (χ0) is 19.0. The third kappa shape index (κ3) is 2.05. The van der Waals surface area contributed by atoms with E-state index in [1.807, 2.05) is 0 Å². The van der Waals surface area contributed by atoms with Crippen molar-refractivity contribution in [2.45, 2.75) is 5.03 Å². The van der Waals surface area contributed by atoms with E-state index in [1.165, 1.54) is 59.1 Å². The average Bonchev–Trinajstić information content (AvgIpc) is 3.24. The summed E-state index contributed by atoms with van der Waals surface area (Å²) in [6.45, 7) is 0. The largest absolute Gasteiger partial charge is 0.351 e. The van der Waals surface area contributed by atoms with Crippen LogP contribution in [0.2, 0.25) is 0 Å². The van der Waals surface area contributed by atoms with E-state index in [1.54, 1.807) is 11.8 Å². The number of aromatic nitrogens is 2. The first-order valence-corrected chi connectivity index (χ1v) is 10.7. The van der Waals surface area contributed by atoms with E-state index in [0.29, 0.717) is 0 Å². The highest BCUT2D eigenvalue weighted by Crippen LogP contribution is 2.36. The standard InChI is InChI=1S/C25H20N2S/c1-26-9-8-17-10-21-15(12-23(17)26)4-6-20-19(21)7-5-16-13-24-18(11-22(16)20)14-25(28-3)27(24)2/h4-14H,1-3H3. The van der Waals surface area contributed by atoms with Crippen molar-refractivity contribution in [3.05, 3.63) is 66.9 Å². The number of rotatable bonds is 1. The molecule has 6 aromatic rings. The Morgan fingerprint density at radius 3 is 1.93 bits per heavy atom. The Bertz CT molecular complexity index is 1570. The van der Waals surface area contributed by atoms with Gasteiger partial charge in [-0.25, -0.2) is 0 Å². The maximum Gasteiger partial charge on any atom is 0.0753 e. The summed E-state index contributed by atoms with van der Waals surface area (Å²) in [5.41, 5.74) is 2.58. The number of benzene rings is 4. The Morgan fingerprint density at radius 2 is 1.25 bits per heavy atom. The summed E-state index contributed by atoms with van der Waals surface area (Å²) in [6.07, 6.45) is 4.27. The zero-order valence-electron chi connectivity index (χ0n) is 16.2. The number of fused-ring (bicyclic) bond motifs is 7. The molecule has 0 fully saturated rings. The fraction of sp³-hybridized carbons (Fsp3) is 0.120. The molecule has 0 aliphatic rings. The molecule has 0 unspecified atom stereocenters. The fourth-order valence-corrected chi connectivity index (χ4v) is 5.26. The number of aryl methyl sites for hydroxylation is 2. The molecule has 0 radical (unpaired) electrons. The smallest absolute Gasteiger partial charge is 0.0753 e. The molecule has 0 aliphatic carbocycles. The number of hydrogen-bond donors (Lipinski definition) is 0. The van der Waals surface area contributed by atoms with Crippen LogP contribution in [0.3, 0.4) is 0 Å². The number of hydrogen-bond acceptors (Lipinski definition) is 1. The monoisotopic (exact) mass is 380 g/mol. The highest BCUT2D eigenvalue weighted by atomic mass is 32.2. The lowest BCUT2D eigenvalue weighted by Gasteiger charge is -2.09. The number of nitrogens with zero attached hydrogens (tertiary/aromatic N) is 2. The summed E-state index contributed by atoms with van der Waals surface area (Å²) in [5.74, 6) is 0. The van der Waals surface area contributed by atoms with Crippen LogP contribution in [0, 0.1) is 0 Å². The first kappa shape index (κ1) is 16.1. The molecular formula is C25H20N2S. The molecule has 2 nitrogen and oxygen atoms in total. The third-order valence-corrected chi connectivity index (χ3v) is 6.98. The zero-order valence-corrected chi connectivity index (χ0v) is 17.0. The highest BCUT2D eigenvalue weighted by Gasteiger charge is 2.11. The van der Waals surface area contributed by atoms with Gasteiger partial charge in [0, 0.05) is 42.1 Å². The second kappa shape index (κ2) is 5.55. The molecule has 0 bridgehead atoms. The van der Waals surface area contributed by atoms with Crippen molar-refractivity contribution < 1.29 is 0 Å². The third-order valence-electron chi connectivity index (χ3n) is 6.17. The predicted octanol–water partition coefficient (Wildman–Crippen LogP) is 6.85. The van der Waals surface area contributed by atoms with Crippen LogP contribution in [-0.4, -0.2) is 15.4 Å². The number of thioether (sulfide) groups is 1. The minimum atomic E-state index is 1.28. The Morgan fingerprint density at radius 1 is 0.607 bits per heavy atom. The summed E-state index contributed by atoms with van der Waals surface area (Å²) in [7, 11) is 4.26. The Balaban J connectivity index is 1.75. The predicted molar refractivity (Wildman–Crippen MR) is 124 cm³/mol. The lowest BCUT2D eigenvalue weighted by atomic mass is 9.95. The molecule has 0 amide bonds. The van der Waals surface area contributed by atoms with E-state index in [0.717, 1.165) is 0 Å².